The van der Waals surface area contributed by atoms with E-state index in [0.29, 0.717) is 70.0 Å². The Bertz CT molecular complexity index is 934. The lowest BCUT2D eigenvalue weighted by molar-refractivity contribution is -0.143. The number of piperazine rings is 1. The molecule has 4 rings (SSSR count). The van der Waals surface area contributed by atoms with E-state index in [0.717, 1.165) is 25.7 Å². The van der Waals surface area contributed by atoms with E-state index in [2.05, 4.69) is 5.16 Å². The monoisotopic (exact) mass is 480 g/mol. The fraction of sp³-hybridized carbons (Fsp3) is 0.783. The lowest BCUT2D eigenvalue weighted by atomic mass is 9.88. The molecular formula is C23H36N4O5S. The highest BCUT2D eigenvalue weighted by atomic mass is 32.2. The zero-order valence-corrected chi connectivity index (χ0v) is 20.6. The third kappa shape index (κ3) is 5.26. The van der Waals surface area contributed by atoms with Crippen molar-refractivity contribution >= 4 is 21.8 Å². The number of hydrogen-bond donors (Lipinski definition) is 0. The minimum Gasteiger partial charge on any atom is -0.360 e. The van der Waals surface area contributed by atoms with Crippen LogP contribution in [0, 0.1) is 25.7 Å². The van der Waals surface area contributed by atoms with Gasteiger partial charge in [-0.3, -0.25) is 9.59 Å². The molecule has 3 heterocycles. The molecule has 9 nitrogen and oxygen atoms in total. The maximum atomic E-state index is 13.0. The number of hydrogen-bond acceptors (Lipinski definition) is 6. The molecule has 0 unspecified atom stereocenters. The van der Waals surface area contributed by atoms with Crippen LogP contribution in [0.15, 0.2) is 9.42 Å². The van der Waals surface area contributed by atoms with Crippen molar-refractivity contribution in [1.29, 1.82) is 0 Å². The summed E-state index contributed by atoms with van der Waals surface area (Å²) < 4.78 is 32.5. The number of aryl methyl sites for hydroxylation is 2. The molecule has 0 bridgehead atoms. The molecule has 0 atom stereocenters. The van der Waals surface area contributed by atoms with Crippen molar-refractivity contribution in [2.75, 3.05) is 39.3 Å². The Morgan fingerprint density at radius 3 is 2.09 bits per heavy atom. The Hall–Kier alpha value is -1.94. The standard InChI is InChI=1S/C23H36N4O5S/c1-17-22(18(2)32-24-17)33(30,31)27-10-8-19(9-11-27)16-21(28)25-12-14-26(15-13-25)23(29)20-6-4-3-5-7-20/h19-20H,3-16H2,1-2H3. The second-order valence-electron chi connectivity index (χ2n) is 9.75. The second-order valence-corrected chi connectivity index (χ2v) is 11.6. The number of carbonyl (C=O) groups excluding carboxylic acids is 2. The largest absolute Gasteiger partial charge is 0.360 e. The van der Waals surface area contributed by atoms with Crippen molar-refractivity contribution in [2.45, 2.75) is 70.1 Å². The lowest BCUT2D eigenvalue weighted by Crippen LogP contribution is -2.52. The van der Waals surface area contributed by atoms with E-state index in [-0.39, 0.29) is 28.5 Å². The molecule has 0 N–H and O–H groups in total. The maximum Gasteiger partial charge on any atom is 0.248 e. The van der Waals surface area contributed by atoms with Crippen LogP contribution in [0.3, 0.4) is 0 Å². The zero-order valence-electron chi connectivity index (χ0n) is 19.8. The van der Waals surface area contributed by atoms with Gasteiger partial charge >= 0.3 is 0 Å². The van der Waals surface area contributed by atoms with Crippen molar-refractivity contribution in [3.05, 3.63) is 11.5 Å². The van der Waals surface area contributed by atoms with Gasteiger partial charge in [-0.25, -0.2) is 8.42 Å². The fourth-order valence-corrected chi connectivity index (χ4v) is 7.25. The Labute approximate surface area is 196 Å². The summed E-state index contributed by atoms with van der Waals surface area (Å²) in [5.74, 6) is 1.05. The third-order valence-electron chi connectivity index (χ3n) is 7.50. The van der Waals surface area contributed by atoms with Crippen LogP contribution in [0.2, 0.25) is 0 Å². The molecular weight excluding hydrogens is 444 g/mol. The van der Waals surface area contributed by atoms with Crippen molar-refractivity contribution in [2.24, 2.45) is 11.8 Å². The van der Waals surface area contributed by atoms with Crippen LogP contribution in [0.25, 0.3) is 0 Å². The van der Waals surface area contributed by atoms with Gasteiger partial charge in [0.25, 0.3) is 0 Å². The Kier molecular flexibility index (Phi) is 7.43. The van der Waals surface area contributed by atoms with Crippen LogP contribution in [-0.2, 0) is 19.6 Å². The molecule has 33 heavy (non-hydrogen) atoms. The van der Waals surface area contributed by atoms with Gasteiger partial charge in [0.1, 0.15) is 10.6 Å². The molecule has 1 aliphatic carbocycles. The summed E-state index contributed by atoms with van der Waals surface area (Å²) >= 11 is 0. The molecule has 0 radical (unpaired) electrons. The predicted octanol–water partition coefficient (Wildman–Crippen LogP) is 2.33. The molecule has 2 saturated heterocycles. The van der Waals surface area contributed by atoms with Crippen LogP contribution >= 0.6 is 0 Å². The predicted molar refractivity (Wildman–Crippen MR) is 122 cm³/mol. The van der Waals surface area contributed by atoms with Gasteiger partial charge in [0.2, 0.25) is 21.8 Å². The summed E-state index contributed by atoms with van der Waals surface area (Å²) in [6.45, 7) is 6.47. The average molecular weight is 481 g/mol. The highest BCUT2D eigenvalue weighted by Crippen LogP contribution is 2.29. The molecule has 184 valence electrons. The molecule has 10 heteroatoms. The maximum absolute atomic E-state index is 13.0. The number of amides is 2. The van der Waals surface area contributed by atoms with E-state index in [4.69, 9.17) is 4.52 Å². The highest BCUT2D eigenvalue weighted by Gasteiger charge is 2.35. The second kappa shape index (κ2) is 10.1. The van der Waals surface area contributed by atoms with Crippen LogP contribution < -0.4 is 0 Å². The SMILES string of the molecule is Cc1noc(C)c1S(=O)(=O)N1CCC(CC(=O)N2CCN(C(=O)C3CCCCC3)CC2)CC1. The van der Waals surface area contributed by atoms with Crippen molar-refractivity contribution in [3.8, 4) is 0 Å². The topological polar surface area (TPSA) is 104 Å². The van der Waals surface area contributed by atoms with E-state index < -0.39 is 10.0 Å². The number of sulfonamides is 1. The minimum atomic E-state index is -3.63. The van der Waals surface area contributed by atoms with Crippen molar-refractivity contribution < 1.29 is 22.5 Å². The molecule has 1 saturated carbocycles. The summed E-state index contributed by atoms with van der Waals surface area (Å²) in [5, 5.41) is 3.77. The summed E-state index contributed by atoms with van der Waals surface area (Å²) in [5.41, 5.74) is 0.380. The molecule has 1 aromatic rings. The van der Waals surface area contributed by atoms with E-state index in [9.17, 15) is 18.0 Å². The molecule has 3 aliphatic rings. The zero-order chi connectivity index (χ0) is 23.6. The van der Waals surface area contributed by atoms with E-state index in [1.807, 2.05) is 9.80 Å². The Balaban J connectivity index is 1.23. The van der Waals surface area contributed by atoms with Crippen LogP contribution in [0.4, 0.5) is 0 Å². The van der Waals surface area contributed by atoms with Crippen LogP contribution in [-0.4, -0.2) is 78.8 Å². The molecule has 1 aromatic heterocycles. The summed E-state index contributed by atoms with van der Waals surface area (Å²) in [6, 6.07) is 0. The molecule has 0 spiro atoms. The smallest absolute Gasteiger partial charge is 0.248 e. The van der Waals surface area contributed by atoms with Gasteiger partial charge in [-0.05, 0) is 45.4 Å². The van der Waals surface area contributed by atoms with Gasteiger partial charge in [0.05, 0.1) is 0 Å². The molecule has 3 fully saturated rings. The summed E-state index contributed by atoms with van der Waals surface area (Å²) in [4.78, 5) is 29.6. The van der Waals surface area contributed by atoms with Crippen molar-refractivity contribution in [1.82, 2.24) is 19.3 Å². The normalized spacial score (nSPS) is 22.0. The number of aromatic nitrogens is 1. The Morgan fingerprint density at radius 1 is 0.909 bits per heavy atom. The third-order valence-corrected chi connectivity index (χ3v) is 9.64. The fourth-order valence-electron chi connectivity index (χ4n) is 5.49. The van der Waals surface area contributed by atoms with Crippen LogP contribution in [0.1, 0.15) is 62.8 Å². The molecule has 2 amide bonds. The van der Waals surface area contributed by atoms with Gasteiger partial charge in [-0.2, -0.15) is 4.31 Å². The van der Waals surface area contributed by atoms with Crippen molar-refractivity contribution in [3.63, 3.8) is 0 Å². The summed E-state index contributed by atoms with van der Waals surface area (Å²) in [6.07, 6.45) is 7.29. The number of piperidine rings is 1. The van der Waals surface area contributed by atoms with Gasteiger partial charge in [0, 0.05) is 51.6 Å². The van der Waals surface area contributed by atoms with Gasteiger partial charge < -0.3 is 14.3 Å². The number of carbonyl (C=O) groups is 2. The minimum absolute atomic E-state index is 0.117. The molecule has 0 aromatic carbocycles. The van der Waals surface area contributed by atoms with Gasteiger partial charge in [-0.1, -0.05) is 24.4 Å². The highest BCUT2D eigenvalue weighted by molar-refractivity contribution is 7.89. The van der Waals surface area contributed by atoms with E-state index in [1.165, 1.54) is 10.7 Å². The average Bonchev–Trinajstić information content (AvgIpc) is 3.18. The number of rotatable bonds is 5. The van der Waals surface area contributed by atoms with Gasteiger partial charge in [0.15, 0.2) is 5.76 Å². The van der Waals surface area contributed by atoms with E-state index in [1.54, 1.807) is 13.8 Å². The first-order valence-corrected chi connectivity index (χ1v) is 13.7. The quantitative estimate of drug-likeness (QED) is 0.641. The first-order chi connectivity index (χ1) is 15.8. The Morgan fingerprint density at radius 2 is 1.52 bits per heavy atom. The summed E-state index contributed by atoms with van der Waals surface area (Å²) in [7, 11) is -3.63. The lowest BCUT2D eigenvalue weighted by Gasteiger charge is -2.38. The van der Waals surface area contributed by atoms with Gasteiger partial charge in [-0.15, -0.1) is 0 Å². The van der Waals surface area contributed by atoms with E-state index >= 15 is 0 Å². The number of nitrogens with zero attached hydrogens (tertiary/aromatic N) is 4. The first kappa shape index (κ1) is 24.2. The molecule has 2 aliphatic heterocycles. The van der Waals surface area contributed by atoms with Crippen LogP contribution in [0.5, 0.6) is 0 Å². The first-order valence-electron chi connectivity index (χ1n) is 12.3.